The van der Waals surface area contributed by atoms with E-state index in [2.05, 4.69) is 18.7 Å². The van der Waals surface area contributed by atoms with Gasteiger partial charge in [-0.3, -0.25) is 5.41 Å². The van der Waals surface area contributed by atoms with E-state index in [-0.39, 0.29) is 0 Å². The summed E-state index contributed by atoms with van der Waals surface area (Å²) < 4.78 is 5.43. The van der Waals surface area contributed by atoms with Crippen molar-refractivity contribution in [3.8, 4) is 0 Å². The van der Waals surface area contributed by atoms with E-state index < -0.39 is 0 Å². The molecule has 0 amide bonds. The monoisotopic (exact) mass is 184 g/mol. The number of hydrogen-bond acceptors (Lipinski definition) is 2. The van der Waals surface area contributed by atoms with Gasteiger partial charge < -0.3 is 9.64 Å². The molecule has 0 bridgehead atoms. The number of hydrogen-bond donors (Lipinski definition) is 1. The first kappa shape index (κ1) is 10.5. The molecule has 1 saturated heterocycles. The lowest BCUT2D eigenvalue weighted by Crippen LogP contribution is -2.34. The molecule has 1 atom stereocenters. The zero-order chi connectivity index (χ0) is 9.68. The Morgan fingerprint density at radius 3 is 3.08 bits per heavy atom. The Morgan fingerprint density at radius 1 is 1.62 bits per heavy atom. The van der Waals surface area contributed by atoms with Crippen molar-refractivity contribution >= 4 is 5.84 Å². The van der Waals surface area contributed by atoms with Crippen LogP contribution in [-0.2, 0) is 4.74 Å². The Balaban J connectivity index is 2.42. The van der Waals surface area contributed by atoms with E-state index in [0.717, 1.165) is 45.0 Å². The van der Waals surface area contributed by atoms with Gasteiger partial charge in [0.1, 0.15) is 0 Å². The van der Waals surface area contributed by atoms with Crippen LogP contribution < -0.4 is 0 Å². The molecular weight excluding hydrogens is 164 g/mol. The molecule has 0 spiro atoms. The van der Waals surface area contributed by atoms with E-state index in [1.165, 1.54) is 0 Å². The molecule has 1 rings (SSSR count). The summed E-state index contributed by atoms with van der Waals surface area (Å²) in [5, 5.41) is 7.84. The summed E-state index contributed by atoms with van der Waals surface area (Å²) in [4.78, 5) is 2.15. The van der Waals surface area contributed by atoms with Gasteiger partial charge in [0.2, 0.25) is 0 Å². The van der Waals surface area contributed by atoms with Crippen LogP contribution >= 0.6 is 0 Å². The second-order valence-corrected chi connectivity index (χ2v) is 3.82. The van der Waals surface area contributed by atoms with Gasteiger partial charge in [-0.25, -0.2) is 0 Å². The Hall–Kier alpha value is -0.570. The van der Waals surface area contributed by atoms with Gasteiger partial charge in [0, 0.05) is 19.5 Å². The molecule has 76 valence electrons. The Bertz CT molecular complexity index is 170. The van der Waals surface area contributed by atoms with Gasteiger partial charge in [0.05, 0.1) is 19.0 Å². The minimum Gasteiger partial charge on any atom is -0.379 e. The number of nitrogens with zero attached hydrogens (tertiary/aromatic N) is 1. The summed E-state index contributed by atoms with van der Waals surface area (Å²) in [6.45, 7) is 7.79. The van der Waals surface area contributed by atoms with Crippen LogP contribution in [0.3, 0.4) is 0 Å². The normalized spacial score (nSPS) is 24.2. The summed E-state index contributed by atoms with van der Waals surface area (Å²) in [7, 11) is 0. The fourth-order valence-corrected chi connectivity index (χ4v) is 1.62. The van der Waals surface area contributed by atoms with Crippen LogP contribution in [0.15, 0.2) is 0 Å². The van der Waals surface area contributed by atoms with Crippen LogP contribution in [0, 0.1) is 11.3 Å². The van der Waals surface area contributed by atoms with Gasteiger partial charge >= 0.3 is 0 Å². The van der Waals surface area contributed by atoms with E-state index in [4.69, 9.17) is 10.1 Å². The van der Waals surface area contributed by atoms with E-state index in [0.29, 0.717) is 5.92 Å². The van der Waals surface area contributed by atoms with E-state index in [9.17, 15) is 0 Å². The van der Waals surface area contributed by atoms with Crippen molar-refractivity contribution in [3.63, 3.8) is 0 Å². The van der Waals surface area contributed by atoms with E-state index >= 15 is 0 Å². The smallest absolute Gasteiger partial charge is 0.0958 e. The van der Waals surface area contributed by atoms with Crippen molar-refractivity contribution < 1.29 is 4.74 Å². The first-order chi connectivity index (χ1) is 6.24. The van der Waals surface area contributed by atoms with Crippen LogP contribution in [0.5, 0.6) is 0 Å². The molecule has 1 fully saturated rings. The van der Waals surface area contributed by atoms with Crippen LogP contribution in [0.1, 0.15) is 26.7 Å². The zero-order valence-electron chi connectivity index (χ0n) is 8.68. The Morgan fingerprint density at radius 2 is 2.38 bits per heavy atom. The van der Waals surface area contributed by atoms with Crippen molar-refractivity contribution in [3.05, 3.63) is 0 Å². The van der Waals surface area contributed by atoms with Crippen LogP contribution in [0.2, 0.25) is 0 Å². The summed E-state index contributed by atoms with van der Waals surface area (Å²) in [5.41, 5.74) is 0. The molecular formula is C10H20N2O. The molecule has 0 radical (unpaired) electrons. The number of nitrogens with one attached hydrogen (secondary N) is 1. The second-order valence-electron chi connectivity index (χ2n) is 3.82. The third-order valence-corrected chi connectivity index (χ3v) is 2.31. The summed E-state index contributed by atoms with van der Waals surface area (Å²) in [6.07, 6.45) is 1.96. The Labute approximate surface area is 80.6 Å². The van der Waals surface area contributed by atoms with Gasteiger partial charge in [-0.2, -0.15) is 0 Å². The van der Waals surface area contributed by atoms with Crippen molar-refractivity contribution in [1.82, 2.24) is 4.90 Å². The molecule has 3 nitrogen and oxygen atoms in total. The highest BCUT2D eigenvalue weighted by Gasteiger charge is 2.16. The molecule has 0 saturated carbocycles. The topological polar surface area (TPSA) is 36.3 Å². The molecule has 1 heterocycles. The quantitative estimate of drug-likeness (QED) is 0.524. The molecule has 1 unspecified atom stereocenters. The third kappa shape index (κ3) is 3.35. The zero-order valence-corrected chi connectivity index (χ0v) is 8.68. The molecule has 1 aliphatic rings. The molecule has 1 aliphatic heterocycles. The second kappa shape index (κ2) is 5.22. The van der Waals surface area contributed by atoms with Crippen LogP contribution in [-0.4, -0.2) is 37.0 Å². The van der Waals surface area contributed by atoms with Gasteiger partial charge in [0.25, 0.3) is 0 Å². The lowest BCUT2D eigenvalue weighted by atomic mass is 10.2. The highest BCUT2D eigenvalue weighted by Crippen LogP contribution is 2.08. The van der Waals surface area contributed by atoms with Crippen molar-refractivity contribution in [1.29, 1.82) is 5.41 Å². The van der Waals surface area contributed by atoms with E-state index in [1.54, 1.807) is 0 Å². The minimum absolute atomic E-state index is 0.555. The average molecular weight is 184 g/mol. The highest BCUT2D eigenvalue weighted by molar-refractivity contribution is 5.79. The van der Waals surface area contributed by atoms with Crippen LogP contribution in [0.25, 0.3) is 0 Å². The maximum Gasteiger partial charge on any atom is 0.0958 e. The fourth-order valence-electron chi connectivity index (χ4n) is 1.62. The Kier molecular flexibility index (Phi) is 4.22. The van der Waals surface area contributed by atoms with Crippen molar-refractivity contribution in [2.45, 2.75) is 26.7 Å². The molecule has 0 aromatic rings. The summed E-state index contributed by atoms with van der Waals surface area (Å²) in [5.74, 6) is 1.33. The van der Waals surface area contributed by atoms with Gasteiger partial charge in [0.15, 0.2) is 0 Å². The predicted molar refractivity (Wildman–Crippen MR) is 54.2 cm³/mol. The summed E-state index contributed by atoms with van der Waals surface area (Å²) in [6, 6.07) is 0. The van der Waals surface area contributed by atoms with Crippen molar-refractivity contribution in [2.24, 2.45) is 5.92 Å². The molecule has 13 heavy (non-hydrogen) atoms. The average Bonchev–Trinajstić information content (AvgIpc) is 2.30. The number of rotatable bonds is 2. The molecule has 3 heteroatoms. The SMILES string of the molecule is CCCC(=N)N1CCOCC(C)C1. The number of amidine groups is 1. The van der Waals surface area contributed by atoms with Gasteiger partial charge in [-0.15, -0.1) is 0 Å². The maximum absolute atomic E-state index is 7.84. The lowest BCUT2D eigenvalue weighted by Gasteiger charge is -2.24. The van der Waals surface area contributed by atoms with Gasteiger partial charge in [-0.05, 0) is 12.3 Å². The standard InChI is InChI=1S/C10H20N2O/c1-3-4-10(11)12-5-6-13-8-9(2)7-12/h9,11H,3-8H2,1-2H3. The number of ether oxygens (including phenoxy) is 1. The van der Waals surface area contributed by atoms with Crippen molar-refractivity contribution in [2.75, 3.05) is 26.3 Å². The first-order valence-corrected chi connectivity index (χ1v) is 5.14. The third-order valence-electron chi connectivity index (χ3n) is 2.31. The predicted octanol–water partition coefficient (Wildman–Crippen LogP) is 1.73. The fraction of sp³-hybridized carbons (Fsp3) is 0.900. The lowest BCUT2D eigenvalue weighted by molar-refractivity contribution is 0.127. The van der Waals surface area contributed by atoms with Gasteiger partial charge in [-0.1, -0.05) is 13.8 Å². The molecule has 0 aromatic heterocycles. The summed E-state index contributed by atoms with van der Waals surface area (Å²) >= 11 is 0. The molecule has 0 aromatic carbocycles. The van der Waals surface area contributed by atoms with Crippen LogP contribution in [0.4, 0.5) is 0 Å². The highest BCUT2D eigenvalue weighted by atomic mass is 16.5. The largest absolute Gasteiger partial charge is 0.379 e. The first-order valence-electron chi connectivity index (χ1n) is 5.14. The molecule has 1 N–H and O–H groups in total. The minimum atomic E-state index is 0.555. The molecule has 0 aliphatic carbocycles. The van der Waals surface area contributed by atoms with E-state index in [1.807, 2.05) is 0 Å². The maximum atomic E-state index is 7.84.